The molecule has 6 aromatic carbocycles. The quantitative estimate of drug-likeness (QED) is 0.0651. The van der Waals surface area contributed by atoms with Crippen molar-refractivity contribution in [3.63, 3.8) is 0 Å². The Balaban J connectivity index is 0. The molecule has 0 atom stereocenters. The van der Waals surface area contributed by atoms with Gasteiger partial charge in [-0.25, -0.2) is 0 Å². The molecule has 0 radical (unpaired) electrons. The summed E-state index contributed by atoms with van der Waals surface area (Å²) in [5.41, 5.74) is 9.63. The van der Waals surface area contributed by atoms with Crippen molar-refractivity contribution in [3.05, 3.63) is 263 Å². The second-order valence-electron chi connectivity index (χ2n) is 12.8. The monoisotopic (exact) mass is 1270 g/mol. The van der Waals surface area contributed by atoms with E-state index in [2.05, 4.69) is 194 Å². The van der Waals surface area contributed by atoms with Crippen molar-refractivity contribution in [2.45, 2.75) is 0 Å². The average molecular weight is 1270 g/mol. The molecule has 0 heterocycles. The van der Waals surface area contributed by atoms with Crippen molar-refractivity contribution in [2.24, 2.45) is 0 Å². The number of rotatable bonds is 12. The van der Waals surface area contributed by atoms with Crippen LogP contribution in [0.5, 0.6) is 0 Å². The molecule has 0 N–H and O–H groups in total. The Morgan fingerprint density at radius 3 is 0.515 bits per heavy atom. The molecule has 0 aliphatic rings. The van der Waals surface area contributed by atoms with E-state index >= 15 is 0 Å². The van der Waals surface area contributed by atoms with E-state index in [-0.39, 0.29) is 81.7 Å². The van der Waals surface area contributed by atoms with E-state index in [0.717, 1.165) is 0 Å². The molecule has 6 aromatic rings. The first-order chi connectivity index (χ1) is 29.8. The van der Waals surface area contributed by atoms with Gasteiger partial charge in [0, 0.05) is 81.7 Å². The smallest absolute Gasteiger partial charge is 0.418 e. The molecule has 14 heteroatoms. The van der Waals surface area contributed by atoms with E-state index in [9.17, 15) is 34.5 Å². The normalized spacial score (nSPS) is 11.3. The second kappa shape index (κ2) is 37.5. The van der Waals surface area contributed by atoms with Gasteiger partial charge in [0.25, 0.3) is 0 Å². The molecular formula is C52H44B2F8Pd4-2. The number of allylic oxidation sites excluding steroid dienone is 8. The van der Waals surface area contributed by atoms with Gasteiger partial charge in [0.15, 0.2) is 0 Å². The van der Waals surface area contributed by atoms with Gasteiger partial charge in [-0.1, -0.05) is 267 Å². The van der Waals surface area contributed by atoms with Crippen molar-refractivity contribution in [1.29, 1.82) is 0 Å². The fourth-order valence-electron chi connectivity index (χ4n) is 5.19. The molecule has 356 valence electrons. The van der Waals surface area contributed by atoms with Gasteiger partial charge in [-0.3, -0.25) is 0 Å². The van der Waals surface area contributed by atoms with E-state index in [1.165, 1.54) is 44.5 Å². The Morgan fingerprint density at radius 1 is 0.212 bits per heavy atom. The minimum Gasteiger partial charge on any atom is -0.418 e. The molecule has 0 saturated carbocycles. The number of benzene rings is 6. The molecule has 0 aromatic heterocycles. The van der Waals surface area contributed by atoms with E-state index < -0.39 is 14.5 Å². The van der Waals surface area contributed by atoms with Crippen molar-refractivity contribution in [3.8, 4) is 0 Å². The number of halogens is 8. The van der Waals surface area contributed by atoms with E-state index in [1.807, 2.05) is 72.8 Å². The summed E-state index contributed by atoms with van der Waals surface area (Å²) >= 11 is 0. The van der Waals surface area contributed by atoms with Crippen LogP contribution in [0.15, 0.2) is 218 Å². The van der Waals surface area contributed by atoms with Gasteiger partial charge < -0.3 is 34.5 Å². The second-order valence-corrected chi connectivity index (χ2v) is 12.8. The molecule has 0 aliphatic heterocycles. The molecule has 0 aliphatic carbocycles. The Hall–Kier alpha value is -4.54. The topological polar surface area (TPSA) is 0 Å². The van der Waals surface area contributed by atoms with Gasteiger partial charge in [-0.2, -0.15) is 0 Å². The Kier molecular flexibility index (Phi) is 36.1. The predicted molar refractivity (Wildman–Crippen MR) is 251 cm³/mol. The summed E-state index contributed by atoms with van der Waals surface area (Å²) in [5.74, 6) is 0. The predicted octanol–water partition coefficient (Wildman–Crippen LogP) is 16.9. The van der Waals surface area contributed by atoms with Crippen LogP contribution in [-0.4, -0.2) is 14.5 Å². The molecule has 0 unspecified atom stereocenters. The van der Waals surface area contributed by atoms with Crippen LogP contribution < -0.4 is 0 Å². The zero-order valence-electron chi connectivity index (χ0n) is 34.8. The third-order valence-corrected chi connectivity index (χ3v) is 7.89. The Bertz CT molecular complexity index is 2060. The summed E-state index contributed by atoms with van der Waals surface area (Å²) in [4.78, 5) is 0. The van der Waals surface area contributed by atoms with Crippen molar-refractivity contribution >= 4 is 63.1 Å². The first-order valence-corrected chi connectivity index (χ1v) is 19.4. The summed E-state index contributed by atoms with van der Waals surface area (Å²) in [6.45, 7) is 0. The van der Waals surface area contributed by atoms with Crippen LogP contribution in [0.1, 0.15) is 44.5 Å². The number of hydrogen-bond donors (Lipinski definition) is 0. The van der Waals surface area contributed by atoms with Crippen LogP contribution in [0.2, 0.25) is 0 Å². The average Bonchev–Trinajstić information content (AvgIpc) is 3.25. The molecule has 6 rings (SSSR count). The largest absolute Gasteiger partial charge is 0.673 e. The molecule has 66 heavy (non-hydrogen) atoms. The van der Waals surface area contributed by atoms with Crippen LogP contribution in [-0.2, 0) is 81.7 Å². The molecule has 0 bridgehead atoms. The van der Waals surface area contributed by atoms with Gasteiger partial charge in [-0.15, -0.1) is 0 Å². The van der Waals surface area contributed by atoms with Crippen LogP contribution in [0.25, 0.3) is 48.6 Å². The maximum absolute atomic E-state index is 9.75. The third-order valence-electron chi connectivity index (χ3n) is 7.89. The summed E-state index contributed by atoms with van der Waals surface area (Å²) in [6.07, 6.45) is 33.6. The zero-order valence-corrected chi connectivity index (χ0v) is 41.1. The van der Waals surface area contributed by atoms with Gasteiger partial charge in [0.1, 0.15) is 0 Å². The third kappa shape index (κ3) is 33.9. The molecule has 0 amide bonds. The Labute approximate surface area is 438 Å². The fraction of sp³-hybridized carbons (Fsp3) is 0. The van der Waals surface area contributed by atoms with Crippen LogP contribution in [0.4, 0.5) is 34.5 Å². The zero-order chi connectivity index (χ0) is 44.7. The van der Waals surface area contributed by atoms with Gasteiger partial charge in [0.05, 0.1) is 0 Å². The van der Waals surface area contributed by atoms with E-state index in [4.69, 9.17) is 0 Å². The minimum atomic E-state index is -6.00. The minimum absolute atomic E-state index is 0. The fourth-order valence-corrected chi connectivity index (χ4v) is 5.19. The molecule has 0 spiro atoms. The maximum atomic E-state index is 9.75. The van der Waals surface area contributed by atoms with Gasteiger partial charge >= 0.3 is 14.5 Å². The summed E-state index contributed by atoms with van der Waals surface area (Å²) < 4.78 is 78.0. The van der Waals surface area contributed by atoms with Crippen molar-refractivity contribution < 1.29 is 116 Å². The molecular weight excluding hydrogens is 1220 g/mol. The summed E-state index contributed by atoms with van der Waals surface area (Å²) in [6, 6.07) is 58.1. The molecule has 0 saturated heterocycles. The van der Waals surface area contributed by atoms with Crippen LogP contribution in [0.3, 0.4) is 0 Å². The van der Waals surface area contributed by atoms with Gasteiger partial charge in [-0.05, 0) is 44.5 Å². The molecule has 0 fully saturated rings. The molecule has 0 nitrogen and oxygen atoms in total. The Morgan fingerprint density at radius 2 is 0.348 bits per heavy atom. The van der Waals surface area contributed by atoms with Gasteiger partial charge in [0.2, 0.25) is 0 Å². The maximum Gasteiger partial charge on any atom is 0.673 e. The van der Waals surface area contributed by atoms with Crippen molar-refractivity contribution in [2.75, 3.05) is 0 Å². The first kappa shape index (κ1) is 63.5. The van der Waals surface area contributed by atoms with E-state index in [0.29, 0.717) is 0 Å². The number of hydrogen-bond acceptors (Lipinski definition) is 0. The van der Waals surface area contributed by atoms with E-state index in [1.54, 1.807) is 0 Å². The summed E-state index contributed by atoms with van der Waals surface area (Å²) in [5, 5.41) is 0. The van der Waals surface area contributed by atoms with Crippen LogP contribution in [0, 0.1) is 0 Å². The van der Waals surface area contributed by atoms with Crippen LogP contribution >= 0.6 is 0 Å². The standard InChI is InChI=1S/2C26H22.2BF4.4Pd/c2*1-3-13-23(14-4-1)17-7-9-19-25-21-11-12-22-26(25)20-10-8-18-24-15-5-2-6-16-24;2*2-1(3,4)5;;;;/h2*1-22H;;;;;;/q;;2*-1;;;;/b2*17-7+,18-8+,19-9+,20-10+;;;;;;. The first-order valence-electron chi connectivity index (χ1n) is 19.4. The SMILES string of the molecule is C(/C=C/c1ccccc1/C=C/C=C/c1ccccc1)=C\c1ccccc1.C(/C=C/c1ccccc1/C=C/C=C/c1ccccc1)=C\c1ccccc1.F[B-](F)(F)F.F[B-](F)(F)F.[Pd].[Pd].[Pd].[Pd]. The summed E-state index contributed by atoms with van der Waals surface area (Å²) in [7, 11) is -12.0. The van der Waals surface area contributed by atoms with Crippen molar-refractivity contribution in [1.82, 2.24) is 0 Å².